The highest BCUT2D eigenvalue weighted by Gasteiger charge is 2.35. The molecule has 4 aliphatic rings. The van der Waals surface area contributed by atoms with Gasteiger partial charge >= 0.3 is 0 Å². The quantitative estimate of drug-likeness (QED) is 0.328. The molecule has 0 radical (unpaired) electrons. The zero-order valence-corrected chi connectivity index (χ0v) is 23.6. The average molecular weight is 517 g/mol. The van der Waals surface area contributed by atoms with Gasteiger partial charge in [0.15, 0.2) is 0 Å². The highest BCUT2D eigenvalue weighted by Crippen LogP contribution is 2.45. The van der Waals surface area contributed by atoms with Gasteiger partial charge in [0.1, 0.15) is 0 Å². The first-order chi connectivity index (χ1) is 19.5. The Labute approximate surface area is 238 Å². The van der Waals surface area contributed by atoms with Crippen molar-refractivity contribution in [3.8, 4) is 11.1 Å². The van der Waals surface area contributed by atoms with Gasteiger partial charge in [-0.15, -0.1) is 0 Å². The first kappa shape index (κ1) is 24.9. The number of fused-ring (bicyclic) bond motifs is 3. The van der Waals surface area contributed by atoms with E-state index in [0.29, 0.717) is 17.8 Å². The van der Waals surface area contributed by atoms with Gasteiger partial charge in [0.2, 0.25) is 0 Å². The molecule has 0 aromatic heterocycles. The van der Waals surface area contributed by atoms with Crippen LogP contribution in [0.2, 0.25) is 0 Å². The lowest BCUT2D eigenvalue weighted by atomic mass is 9.66. The molecule has 3 aromatic rings. The zero-order valence-electron chi connectivity index (χ0n) is 23.6. The van der Waals surface area contributed by atoms with E-state index in [9.17, 15) is 0 Å². The molecule has 0 nitrogen and oxygen atoms in total. The van der Waals surface area contributed by atoms with E-state index < -0.39 is 0 Å². The molecule has 0 aliphatic heterocycles. The summed E-state index contributed by atoms with van der Waals surface area (Å²) >= 11 is 0. The molecule has 196 valence electrons. The molecule has 3 aromatic carbocycles. The molecule has 0 amide bonds. The van der Waals surface area contributed by atoms with Gasteiger partial charge in [-0.05, 0) is 54.8 Å². The molecule has 0 N–H and O–H groups in total. The van der Waals surface area contributed by atoms with E-state index in [1.54, 1.807) is 0 Å². The van der Waals surface area contributed by atoms with Crippen LogP contribution in [0.5, 0.6) is 0 Å². The van der Waals surface area contributed by atoms with Crippen LogP contribution in [0.4, 0.5) is 0 Å². The largest absolute Gasteiger partial charge is 0.0767 e. The highest BCUT2D eigenvalue weighted by molar-refractivity contribution is 5.83. The molecule has 4 atom stereocenters. The summed E-state index contributed by atoms with van der Waals surface area (Å²) in [7, 11) is 0. The smallest absolute Gasteiger partial charge is 0.0140 e. The van der Waals surface area contributed by atoms with Crippen LogP contribution in [0.25, 0.3) is 22.3 Å². The maximum atomic E-state index is 2.57. The number of hydrogen-bond donors (Lipinski definition) is 0. The van der Waals surface area contributed by atoms with E-state index in [1.807, 2.05) is 0 Å². The molecule has 40 heavy (non-hydrogen) atoms. The molecule has 4 aliphatic carbocycles. The topological polar surface area (TPSA) is 0 Å². The number of allylic oxidation sites excluding steroid dienone is 12. The van der Waals surface area contributed by atoms with Crippen LogP contribution in [0.3, 0.4) is 0 Å². The summed E-state index contributed by atoms with van der Waals surface area (Å²) in [6, 6.07) is 29.0. The molecule has 0 saturated heterocycles. The van der Waals surface area contributed by atoms with Crippen LogP contribution < -0.4 is 10.4 Å². The summed E-state index contributed by atoms with van der Waals surface area (Å²) in [5.74, 6) is 1.46. The Morgan fingerprint density at radius 1 is 0.500 bits per heavy atom. The minimum Gasteiger partial charge on any atom is -0.0767 e. The van der Waals surface area contributed by atoms with Crippen molar-refractivity contribution in [2.45, 2.75) is 20.8 Å². The summed E-state index contributed by atoms with van der Waals surface area (Å²) in [5, 5.41) is 2.73. The Bertz CT molecular complexity index is 1760. The van der Waals surface area contributed by atoms with Gasteiger partial charge in [-0.1, -0.05) is 160 Å². The maximum Gasteiger partial charge on any atom is 0.0140 e. The molecule has 0 saturated carbocycles. The van der Waals surface area contributed by atoms with Crippen molar-refractivity contribution in [3.63, 3.8) is 0 Å². The van der Waals surface area contributed by atoms with Gasteiger partial charge in [0, 0.05) is 23.7 Å². The number of benzene rings is 3. The third-order valence-corrected chi connectivity index (χ3v) is 8.98. The SMILES string of the molecule is CC(C)(C)C1=CC2C(c3ccc(-c4ccccc4)cc3)=c3ccccc3=C(C3=CC4C=CC=CC4C=C3)C2C=C1. The third kappa shape index (κ3) is 4.33. The minimum atomic E-state index is 0.0946. The van der Waals surface area contributed by atoms with Crippen LogP contribution in [-0.4, -0.2) is 0 Å². The van der Waals surface area contributed by atoms with Crippen LogP contribution in [0, 0.1) is 29.1 Å². The van der Waals surface area contributed by atoms with Crippen molar-refractivity contribution in [2.75, 3.05) is 0 Å². The number of rotatable bonds is 3. The minimum absolute atomic E-state index is 0.0946. The van der Waals surface area contributed by atoms with Crippen molar-refractivity contribution in [1.29, 1.82) is 0 Å². The van der Waals surface area contributed by atoms with E-state index in [4.69, 9.17) is 0 Å². The Hall–Kier alpha value is -4.16. The van der Waals surface area contributed by atoms with Gasteiger partial charge in [-0.25, -0.2) is 0 Å². The summed E-state index contributed by atoms with van der Waals surface area (Å²) in [5.41, 5.74) is 9.62. The number of hydrogen-bond acceptors (Lipinski definition) is 0. The lowest BCUT2D eigenvalue weighted by Crippen LogP contribution is -2.41. The Balaban J connectivity index is 1.46. The monoisotopic (exact) mass is 516 g/mol. The van der Waals surface area contributed by atoms with Gasteiger partial charge in [0.25, 0.3) is 0 Å². The van der Waals surface area contributed by atoms with E-state index in [2.05, 4.69) is 160 Å². The van der Waals surface area contributed by atoms with E-state index in [-0.39, 0.29) is 11.3 Å². The van der Waals surface area contributed by atoms with Crippen molar-refractivity contribution in [1.82, 2.24) is 0 Å². The van der Waals surface area contributed by atoms with Gasteiger partial charge in [-0.3, -0.25) is 0 Å². The lowest BCUT2D eigenvalue weighted by Gasteiger charge is -2.37. The van der Waals surface area contributed by atoms with Gasteiger partial charge in [-0.2, -0.15) is 0 Å². The predicted molar refractivity (Wildman–Crippen MR) is 170 cm³/mol. The first-order valence-corrected chi connectivity index (χ1v) is 14.6. The molecule has 0 spiro atoms. The van der Waals surface area contributed by atoms with Crippen LogP contribution >= 0.6 is 0 Å². The summed E-state index contributed by atoms with van der Waals surface area (Å²) in [4.78, 5) is 0. The van der Waals surface area contributed by atoms with E-state index >= 15 is 0 Å². The second-order valence-corrected chi connectivity index (χ2v) is 12.5. The zero-order chi connectivity index (χ0) is 27.3. The first-order valence-electron chi connectivity index (χ1n) is 14.6. The third-order valence-electron chi connectivity index (χ3n) is 8.98. The average Bonchev–Trinajstić information content (AvgIpc) is 2.99. The molecule has 0 heteroatoms. The fraction of sp³-hybridized carbons (Fsp3) is 0.200. The molecular weight excluding hydrogens is 480 g/mol. The molecule has 0 heterocycles. The van der Waals surface area contributed by atoms with E-state index in [1.165, 1.54) is 49.4 Å². The van der Waals surface area contributed by atoms with Crippen LogP contribution in [-0.2, 0) is 0 Å². The Morgan fingerprint density at radius 2 is 1.12 bits per heavy atom. The normalized spacial score (nSPS) is 24.7. The van der Waals surface area contributed by atoms with Crippen LogP contribution in [0.15, 0.2) is 151 Å². The van der Waals surface area contributed by atoms with Gasteiger partial charge in [0.05, 0.1) is 0 Å². The predicted octanol–water partition coefficient (Wildman–Crippen LogP) is 8.35. The van der Waals surface area contributed by atoms with Crippen molar-refractivity contribution in [2.24, 2.45) is 29.1 Å². The van der Waals surface area contributed by atoms with Crippen molar-refractivity contribution >= 4 is 11.1 Å². The highest BCUT2D eigenvalue weighted by atomic mass is 14.4. The molecular formula is C40H36. The molecule has 0 fully saturated rings. The standard InChI is InChI=1S/C40H36/c1-40(2,3)33-23-24-36-37(26-33)38(30-20-17-29(18-21-30)27-11-5-4-6-12-27)34-15-9-10-16-35(34)39(36)32-22-19-28-13-7-8-14-31(28)25-32/h4-26,28,31,36-37H,1-3H3. The maximum absolute atomic E-state index is 2.57. The second-order valence-electron chi connectivity index (χ2n) is 12.5. The fourth-order valence-electron chi connectivity index (χ4n) is 6.86. The molecule has 0 bridgehead atoms. The summed E-state index contributed by atoms with van der Waals surface area (Å²) in [6.07, 6.45) is 23.8. The fourth-order valence-corrected chi connectivity index (χ4v) is 6.86. The lowest BCUT2D eigenvalue weighted by molar-refractivity contribution is 0.502. The van der Waals surface area contributed by atoms with E-state index in [0.717, 1.165) is 0 Å². The second kappa shape index (κ2) is 9.79. The van der Waals surface area contributed by atoms with Crippen molar-refractivity contribution < 1.29 is 0 Å². The Morgan fingerprint density at radius 3 is 1.85 bits per heavy atom. The summed E-state index contributed by atoms with van der Waals surface area (Å²) < 4.78 is 0. The molecule has 7 rings (SSSR count). The van der Waals surface area contributed by atoms with Crippen LogP contribution in [0.1, 0.15) is 26.3 Å². The summed E-state index contributed by atoms with van der Waals surface area (Å²) in [6.45, 7) is 6.98. The Kier molecular flexibility index (Phi) is 6.08. The van der Waals surface area contributed by atoms with Crippen molar-refractivity contribution in [3.05, 3.63) is 167 Å². The van der Waals surface area contributed by atoms with Gasteiger partial charge < -0.3 is 0 Å². The molecule has 4 unspecified atom stereocenters.